The summed E-state index contributed by atoms with van der Waals surface area (Å²) in [5.74, 6) is 0.220. The van der Waals surface area contributed by atoms with Gasteiger partial charge in [-0.3, -0.25) is 14.5 Å². The number of benzene rings is 2. The van der Waals surface area contributed by atoms with Gasteiger partial charge in [0.05, 0.1) is 14.4 Å². The second-order valence-electron chi connectivity index (χ2n) is 5.33. The summed E-state index contributed by atoms with van der Waals surface area (Å²) in [5.41, 5.74) is 1.74. The van der Waals surface area contributed by atoms with Crippen molar-refractivity contribution in [2.45, 2.75) is 6.61 Å². The highest BCUT2D eigenvalue weighted by molar-refractivity contribution is 9.10. The van der Waals surface area contributed by atoms with Crippen molar-refractivity contribution in [1.82, 2.24) is 4.90 Å². The number of ether oxygens (including phenoxy) is 1. The van der Waals surface area contributed by atoms with Gasteiger partial charge in [-0.05, 0) is 57.0 Å². The number of carbonyl (C=O) groups is 2. The highest BCUT2D eigenvalue weighted by atomic mass is 79.9. The number of amides is 2. The van der Waals surface area contributed by atoms with Gasteiger partial charge in [0, 0.05) is 7.05 Å². The number of thioether (sulfide) groups is 1. The van der Waals surface area contributed by atoms with Gasteiger partial charge in [-0.15, -0.1) is 0 Å². The zero-order valence-corrected chi connectivity index (χ0v) is 16.3. The minimum atomic E-state index is -0.313. The quantitative estimate of drug-likeness (QED) is 0.604. The molecule has 25 heavy (non-hydrogen) atoms. The van der Waals surface area contributed by atoms with Crippen molar-refractivity contribution in [3.05, 3.63) is 68.0 Å². The smallest absolute Gasteiger partial charge is 0.293 e. The van der Waals surface area contributed by atoms with Gasteiger partial charge in [-0.25, -0.2) is 0 Å². The molecule has 0 bridgehead atoms. The zero-order valence-electron chi connectivity index (χ0n) is 13.2. The Bertz CT molecular complexity index is 847. The normalized spacial score (nSPS) is 16.0. The van der Waals surface area contributed by atoms with Gasteiger partial charge in [0.25, 0.3) is 11.1 Å². The molecule has 4 nitrogen and oxygen atoms in total. The van der Waals surface area contributed by atoms with Crippen LogP contribution in [0.5, 0.6) is 5.75 Å². The average Bonchev–Trinajstić information content (AvgIpc) is 2.82. The molecule has 1 aliphatic rings. The van der Waals surface area contributed by atoms with Gasteiger partial charge in [-0.1, -0.05) is 41.9 Å². The Kier molecular flexibility index (Phi) is 5.51. The number of hydrogen-bond donors (Lipinski definition) is 0. The lowest BCUT2D eigenvalue weighted by Gasteiger charge is -2.11. The molecule has 2 aromatic rings. The van der Waals surface area contributed by atoms with Crippen LogP contribution >= 0.6 is 39.3 Å². The first kappa shape index (κ1) is 18.0. The van der Waals surface area contributed by atoms with Crippen molar-refractivity contribution in [2.75, 3.05) is 7.05 Å². The number of carbonyl (C=O) groups excluding carboxylic acids is 2. The lowest BCUT2D eigenvalue weighted by Crippen LogP contribution is -2.22. The van der Waals surface area contributed by atoms with Crippen LogP contribution in [0.15, 0.2) is 51.8 Å². The fourth-order valence-electron chi connectivity index (χ4n) is 2.23. The third-order valence-corrected chi connectivity index (χ3v) is 5.36. The van der Waals surface area contributed by atoms with Crippen molar-refractivity contribution < 1.29 is 14.3 Å². The first-order valence-electron chi connectivity index (χ1n) is 7.33. The van der Waals surface area contributed by atoms with E-state index in [-0.39, 0.29) is 11.1 Å². The fraction of sp³-hybridized carbons (Fsp3) is 0.111. The summed E-state index contributed by atoms with van der Waals surface area (Å²) >= 11 is 10.7. The van der Waals surface area contributed by atoms with Crippen LogP contribution in [-0.4, -0.2) is 23.1 Å². The van der Waals surface area contributed by atoms with E-state index in [0.717, 1.165) is 22.2 Å². The van der Waals surface area contributed by atoms with Crippen LogP contribution in [0.25, 0.3) is 6.08 Å². The van der Waals surface area contributed by atoms with Gasteiger partial charge in [0.15, 0.2) is 5.75 Å². The summed E-state index contributed by atoms with van der Waals surface area (Å²) in [5, 5.41) is 0.136. The van der Waals surface area contributed by atoms with Gasteiger partial charge >= 0.3 is 0 Å². The molecule has 0 aliphatic carbocycles. The summed E-state index contributed by atoms with van der Waals surface area (Å²) in [6.45, 7) is 0.396. The maximum Gasteiger partial charge on any atom is 0.293 e. The summed E-state index contributed by atoms with van der Waals surface area (Å²) < 4.78 is 6.48. The topological polar surface area (TPSA) is 46.6 Å². The van der Waals surface area contributed by atoms with E-state index in [1.807, 2.05) is 30.3 Å². The Morgan fingerprint density at radius 2 is 1.96 bits per heavy atom. The summed E-state index contributed by atoms with van der Waals surface area (Å²) in [7, 11) is 1.46. The minimum Gasteiger partial charge on any atom is -0.486 e. The van der Waals surface area contributed by atoms with E-state index in [0.29, 0.717) is 32.3 Å². The summed E-state index contributed by atoms with van der Waals surface area (Å²) in [4.78, 5) is 25.0. The van der Waals surface area contributed by atoms with Crippen LogP contribution in [0.3, 0.4) is 0 Å². The van der Waals surface area contributed by atoms with Gasteiger partial charge < -0.3 is 4.74 Å². The minimum absolute atomic E-state index is 0.288. The maximum absolute atomic E-state index is 12.0. The van der Waals surface area contributed by atoms with Crippen LogP contribution in [-0.2, 0) is 11.4 Å². The van der Waals surface area contributed by atoms with E-state index in [9.17, 15) is 9.59 Å². The first-order chi connectivity index (χ1) is 12.0. The molecule has 7 heteroatoms. The molecule has 0 saturated carbocycles. The van der Waals surface area contributed by atoms with Crippen LogP contribution in [0.1, 0.15) is 11.1 Å². The van der Waals surface area contributed by atoms with E-state index >= 15 is 0 Å². The molecule has 128 valence electrons. The Morgan fingerprint density at radius 1 is 1.24 bits per heavy atom. The highest BCUT2D eigenvalue weighted by Crippen LogP contribution is 2.37. The van der Waals surface area contributed by atoms with E-state index < -0.39 is 0 Å². The Labute approximate surface area is 162 Å². The van der Waals surface area contributed by atoms with Crippen LogP contribution in [0, 0.1) is 0 Å². The molecule has 3 rings (SSSR count). The Hall–Kier alpha value is -1.76. The average molecular weight is 439 g/mol. The molecule has 0 spiro atoms. The highest BCUT2D eigenvalue weighted by Gasteiger charge is 2.31. The van der Waals surface area contributed by atoms with Crippen molar-refractivity contribution in [3.63, 3.8) is 0 Å². The van der Waals surface area contributed by atoms with Crippen molar-refractivity contribution in [2.24, 2.45) is 0 Å². The first-order valence-corrected chi connectivity index (χ1v) is 9.32. The van der Waals surface area contributed by atoms with Crippen LogP contribution in [0.4, 0.5) is 4.79 Å². The van der Waals surface area contributed by atoms with Gasteiger partial charge in [-0.2, -0.15) is 0 Å². The Morgan fingerprint density at radius 3 is 2.56 bits per heavy atom. The SMILES string of the molecule is CN1C(=O)S/C(=C\c2cc(Cl)c(OCc3ccccc3)c(Br)c2)C1=O. The number of imide groups is 1. The van der Waals surface area contributed by atoms with Crippen molar-refractivity contribution in [1.29, 1.82) is 0 Å². The van der Waals surface area contributed by atoms with Crippen molar-refractivity contribution >= 4 is 56.5 Å². The number of hydrogen-bond acceptors (Lipinski definition) is 4. The second kappa shape index (κ2) is 7.64. The molecule has 1 aliphatic heterocycles. The molecule has 1 saturated heterocycles. The van der Waals surface area contributed by atoms with E-state index in [4.69, 9.17) is 16.3 Å². The van der Waals surface area contributed by atoms with Gasteiger partial charge in [0.1, 0.15) is 6.61 Å². The van der Waals surface area contributed by atoms with E-state index in [1.165, 1.54) is 7.05 Å². The summed E-state index contributed by atoms with van der Waals surface area (Å²) in [6, 6.07) is 13.3. The number of rotatable bonds is 4. The molecule has 1 fully saturated rings. The van der Waals surface area contributed by atoms with E-state index in [1.54, 1.807) is 18.2 Å². The lowest BCUT2D eigenvalue weighted by molar-refractivity contribution is -0.121. The van der Waals surface area contributed by atoms with E-state index in [2.05, 4.69) is 15.9 Å². The fourth-order valence-corrected chi connectivity index (χ4v) is 4.04. The second-order valence-corrected chi connectivity index (χ2v) is 7.58. The molecular weight excluding hydrogens is 426 g/mol. The zero-order chi connectivity index (χ0) is 18.0. The summed E-state index contributed by atoms with van der Waals surface area (Å²) in [6.07, 6.45) is 1.64. The van der Waals surface area contributed by atoms with Crippen molar-refractivity contribution in [3.8, 4) is 5.75 Å². The third kappa shape index (κ3) is 4.08. The molecule has 0 N–H and O–H groups in total. The third-order valence-electron chi connectivity index (χ3n) is 3.53. The molecule has 0 aromatic heterocycles. The molecule has 1 heterocycles. The van der Waals surface area contributed by atoms with Crippen LogP contribution < -0.4 is 4.74 Å². The molecule has 2 amide bonds. The number of nitrogens with zero attached hydrogens (tertiary/aromatic N) is 1. The molecule has 2 aromatic carbocycles. The number of halogens is 2. The molecular formula is C18H13BrClNO3S. The monoisotopic (exact) mass is 437 g/mol. The standard InChI is InChI=1S/C18H13BrClNO3S/c1-21-17(22)15(25-18(21)23)9-12-7-13(19)16(14(20)8-12)24-10-11-5-3-2-4-6-11/h2-9H,10H2,1H3/b15-9-. The maximum atomic E-state index is 12.0. The largest absolute Gasteiger partial charge is 0.486 e. The molecule has 0 atom stereocenters. The predicted octanol–water partition coefficient (Wildman–Crippen LogP) is 5.35. The molecule has 0 unspecified atom stereocenters. The predicted molar refractivity (Wildman–Crippen MR) is 104 cm³/mol. The van der Waals surface area contributed by atoms with Gasteiger partial charge in [0.2, 0.25) is 0 Å². The number of likely N-dealkylation sites (N-methyl/N-ethyl adjacent to an activating group) is 1. The molecule has 0 radical (unpaired) electrons. The van der Waals surface area contributed by atoms with Crippen LogP contribution in [0.2, 0.25) is 5.02 Å². The Balaban J connectivity index is 1.81. The lowest BCUT2D eigenvalue weighted by atomic mass is 10.2.